The Bertz CT molecular complexity index is 599. The normalized spacial score (nSPS) is 10.7. The van der Waals surface area contributed by atoms with E-state index >= 15 is 0 Å². The molecule has 0 saturated heterocycles. The van der Waals surface area contributed by atoms with Gasteiger partial charge in [0.1, 0.15) is 29.1 Å². The molecular weight excluding hydrogens is 290 g/mol. The maximum absolute atomic E-state index is 5.97. The number of benzene rings is 1. The lowest BCUT2D eigenvalue weighted by Gasteiger charge is -2.13. The van der Waals surface area contributed by atoms with Gasteiger partial charge in [0.2, 0.25) is 0 Å². The summed E-state index contributed by atoms with van der Waals surface area (Å²) in [6.45, 7) is 4.06. The smallest absolute Gasteiger partial charge is 0.147 e. The van der Waals surface area contributed by atoms with E-state index in [4.69, 9.17) is 21.1 Å². The summed E-state index contributed by atoms with van der Waals surface area (Å²) in [6, 6.07) is 5.77. The van der Waals surface area contributed by atoms with E-state index in [2.05, 4.69) is 17.2 Å². The number of nitrogens with zero attached hydrogens (tertiary/aromatic N) is 2. The van der Waals surface area contributed by atoms with Crippen molar-refractivity contribution in [2.75, 3.05) is 13.7 Å². The topological polar surface area (TPSA) is 48.3 Å². The molecule has 0 radical (unpaired) electrons. The fourth-order valence-electron chi connectivity index (χ4n) is 1.92. The van der Waals surface area contributed by atoms with Crippen LogP contribution in [-0.4, -0.2) is 23.2 Å². The fraction of sp³-hybridized carbons (Fsp3) is 0.400. The first-order chi connectivity index (χ1) is 10.2. The summed E-state index contributed by atoms with van der Waals surface area (Å²) >= 11 is 5.97. The van der Waals surface area contributed by atoms with Crippen molar-refractivity contribution in [3.63, 3.8) is 0 Å². The molecule has 0 spiro atoms. The number of methoxy groups -OCH3 is 1. The van der Waals surface area contributed by atoms with Crippen molar-refractivity contribution in [2.45, 2.75) is 20.1 Å². The second-order valence-electron chi connectivity index (χ2n) is 4.60. The highest BCUT2D eigenvalue weighted by atomic mass is 35.5. The van der Waals surface area contributed by atoms with Crippen molar-refractivity contribution in [3.05, 3.63) is 40.9 Å². The first-order valence-corrected chi connectivity index (χ1v) is 7.20. The van der Waals surface area contributed by atoms with Gasteiger partial charge in [-0.3, -0.25) is 0 Å². The van der Waals surface area contributed by atoms with E-state index in [0.717, 1.165) is 36.0 Å². The van der Waals surface area contributed by atoms with Crippen LogP contribution in [0, 0.1) is 0 Å². The molecule has 0 aliphatic heterocycles. The minimum Gasteiger partial charge on any atom is -0.497 e. The van der Waals surface area contributed by atoms with Gasteiger partial charge in [0.05, 0.1) is 13.3 Å². The second-order valence-corrected chi connectivity index (χ2v) is 4.99. The molecule has 0 unspecified atom stereocenters. The summed E-state index contributed by atoms with van der Waals surface area (Å²) in [5, 5.41) is 3.89. The van der Waals surface area contributed by atoms with Crippen LogP contribution in [0.5, 0.6) is 11.5 Å². The average molecular weight is 310 g/mol. The zero-order valence-corrected chi connectivity index (χ0v) is 13.3. The summed E-state index contributed by atoms with van der Waals surface area (Å²) in [5.74, 6) is 2.41. The molecule has 1 N–H and O–H groups in total. The number of imidazole rings is 1. The van der Waals surface area contributed by atoms with E-state index in [0.29, 0.717) is 11.8 Å². The molecule has 1 aromatic heterocycles. The van der Waals surface area contributed by atoms with Gasteiger partial charge in [-0.25, -0.2) is 4.98 Å². The van der Waals surface area contributed by atoms with Gasteiger partial charge in [0.25, 0.3) is 0 Å². The van der Waals surface area contributed by atoms with E-state index < -0.39 is 0 Å². The monoisotopic (exact) mass is 309 g/mol. The number of hydrogen-bond acceptors (Lipinski definition) is 4. The molecule has 2 aromatic rings. The van der Waals surface area contributed by atoms with Gasteiger partial charge < -0.3 is 19.4 Å². The largest absolute Gasteiger partial charge is 0.497 e. The zero-order chi connectivity index (χ0) is 15.2. The van der Waals surface area contributed by atoms with E-state index in [9.17, 15) is 0 Å². The minimum absolute atomic E-state index is 0.370. The molecule has 0 atom stereocenters. The molecule has 114 valence electrons. The van der Waals surface area contributed by atoms with Crippen LogP contribution in [0.4, 0.5) is 0 Å². The molecule has 1 heterocycles. The van der Waals surface area contributed by atoms with E-state index in [1.54, 1.807) is 17.9 Å². The van der Waals surface area contributed by atoms with Crippen LogP contribution in [-0.2, 0) is 20.2 Å². The van der Waals surface area contributed by atoms with Crippen molar-refractivity contribution < 1.29 is 9.47 Å². The summed E-state index contributed by atoms with van der Waals surface area (Å²) in [4.78, 5) is 4.22. The first-order valence-electron chi connectivity index (χ1n) is 6.82. The molecule has 6 heteroatoms. The minimum atomic E-state index is 0.370. The third kappa shape index (κ3) is 3.89. The summed E-state index contributed by atoms with van der Waals surface area (Å²) in [7, 11) is 3.52. The van der Waals surface area contributed by atoms with Crippen LogP contribution < -0.4 is 14.8 Å². The Labute approximate surface area is 129 Å². The van der Waals surface area contributed by atoms with Gasteiger partial charge in [-0.1, -0.05) is 18.5 Å². The number of nitrogens with one attached hydrogen (secondary N) is 1. The number of aromatic nitrogens is 2. The van der Waals surface area contributed by atoms with Crippen molar-refractivity contribution in [2.24, 2.45) is 7.05 Å². The molecule has 0 fully saturated rings. The predicted octanol–water partition coefficient (Wildman–Crippen LogP) is 2.77. The zero-order valence-electron chi connectivity index (χ0n) is 12.5. The number of halogens is 1. The highest BCUT2D eigenvalue weighted by molar-refractivity contribution is 6.29. The molecule has 5 nitrogen and oxygen atoms in total. The standard InChI is InChI=1S/C15H20ClN3O2/c1-4-17-8-11-7-12(20-3)5-6-13(11)21-10-15-18-9-14(16)19(15)2/h5-7,9,17H,4,8,10H2,1-3H3. The first kappa shape index (κ1) is 15.7. The van der Waals surface area contributed by atoms with Crippen LogP contribution in [0.3, 0.4) is 0 Å². The van der Waals surface area contributed by atoms with Crippen molar-refractivity contribution in [1.82, 2.24) is 14.9 Å². The van der Waals surface area contributed by atoms with Gasteiger partial charge >= 0.3 is 0 Å². The molecule has 0 aliphatic rings. The Morgan fingerprint density at radius 2 is 2.19 bits per heavy atom. The Morgan fingerprint density at radius 1 is 1.38 bits per heavy atom. The number of ether oxygens (including phenoxy) is 2. The maximum Gasteiger partial charge on any atom is 0.147 e. The van der Waals surface area contributed by atoms with Gasteiger partial charge in [0, 0.05) is 19.2 Å². The second kappa shape index (κ2) is 7.33. The van der Waals surface area contributed by atoms with Crippen LogP contribution in [0.1, 0.15) is 18.3 Å². The van der Waals surface area contributed by atoms with E-state index in [1.165, 1.54) is 0 Å². The highest BCUT2D eigenvalue weighted by Crippen LogP contribution is 2.25. The maximum atomic E-state index is 5.97. The summed E-state index contributed by atoms with van der Waals surface area (Å²) < 4.78 is 12.9. The van der Waals surface area contributed by atoms with Crippen molar-refractivity contribution in [1.29, 1.82) is 0 Å². The van der Waals surface area contributed by atoms with Gasteiger partial charge in [-0.2, -0.15) is 0 Å². The van der Waals surface area contributed by atoms with E-state index in [1.807, 2.05) is 25.2 Å². The Balaban J connectivity index is 2.12. The van der Waals surface area contributed by atoms with Crippen molar-refractivity contribution in [3.8, 4) is 11.5 Å². The quantitative estimate of drug-likeness (QED) is 0.854. The van der Waals surface area contributed by atoms with Crippen LogP contribution >= 0.6 is 11.6 Å². The molecule has 2 rings (SSSR count). The molecule has 0 aliphatic carbocycles. The van der Waals surface area contributed by atoms with Gasteiger partial charge in [-0.15, -0.1) is 0 Å². The SMILES string of the molecule is CCNCc1cc(OC)ccc1OCc1ncc(Cl)n1C. The molecule has 21 heavy (non-hydrogen) atoms. The number of rotatable bonds is 7. The average Bonchev–Trinajstić information content (AvgIpc) is 2.83. The van der Waals surface area contributed by atoms with Crippen LogP contribution in [0.25, 0.3) is 0 Å². The molecule has 0 saturated carbocycles. The van der Waals surface area contributed by atoms with E-state index in [-0.39, 0.29) is 0 Å². The lowest BCUT2D eigenvalue weighted by atomic mass is 10.2. The van der Waals surface area contributed by atoms with Gasteiger partial charge in [0.15, 0.2) is 0 Å². The summed E-state index contributed by atoms with van der Waals surface area (Å²) in [5.41, 5.74) is 1.05. The van der Waals surface area contributed by atoms with Crippen molar-refractivity contribution >= 4 is 11.6 Å². The Hall–Kier alpha value is -1.72. The Kier molecular flexibility index (Phi) is 5.47. The molecular formula is C15H20ClN3O2. The highest BCUT2D eigenvalue weighted by Gasteiger charge is 2.09. The molecule has 0 bridgehead atoms. The number of hydrogen-bond donors (Lipinski definition) is 1. The fourth-order valence-corrected chi connectivity index (χ4v) is 2.07. The molecule has 1 aromatic carbocycles. The van der Waals surface area contributed by atoms with Crippen LogP contribution in [0.15, 0.2) is 24.4 Å². The molecule has 0 amide bonds. The predicted molar refractivity (Wildman–Crippen MR) is 82.9 cm³/mol. The van der Waals surface area contributed by atoms with Crippen LogP contribution in [0.2, 0.25) is 5.15 Å². The summed E-state index contributed by atoms with van der Waals surface area (Å²) in [6.07, 6.45) is 1.62. The Morgan fingerprint density at radius 3 is 2.81 bits per heavy atom. The third-order valence-electron chi connectivity index (χ3n) is 3.22. The van der Waals surface area contributed by atoms with Gasteiger partial charge in [-0.05, 0) is 24.7 Å². The lowest BCUT2D eigenvalue weighted by Crippen LogP contribution is -2.13. The lowest BCUT2D eigenvalue weighted by molar-refractivity contribution is 0.287. The third-order valence-corrected chi connectivity index (χ3v) is 3.57.